The van der Waals surface area contributed by atoms with Gasteiger partial charge in [-0.2, -0.15) is 0 Å². The van der Waals surface area contributed by atoms with Crippen LogP contribution in [0.15, 0.2) is 22.2 Å². The molecule has 3 saturated carbocycles. The van der Waals surface area contributed by atoms with Crippen molar-refractivity contribution in [3.05, 3.63) is 22.2 Å². The summed E-state index contributed by atoms with van der Waals surface area (Å²) in [4.78, 5) is 9.74. The lowest BCUT2D eigenvalue weighted by Gasteiger charge is -2.53. The molecule has 8 heteroatoms. The van der Waals surface area contributed by atoms with E-state index in [0.29, 0.717) is 5.92 Å². The van der Waals surface area contributed by atoms with Gasteiger partial charge >= 0.3 is 5.97 Å². The number of rotatable bonds is 3. The topological polar surface area (TPSA) is 26.3 Å². The maximum absolute atomic E-state index is 12.9. The van der Waals surface area contributed by atoms with Crippen molar-refractivity contribution in [3.8, 4) is 0 Å². The summed E-state index contributed by atoms with van der Waals surface area (Å²) in [5.74, 6) is -0.242. The van der Waals surface area contributed by atoms with E-state index >= 15 is 0 Å². The monoisotopic (exact) mass is 518 g/mol. The number of alkyl halides is 4. The minimum absolute atomic E-state index is 0.0239. The van der Waals surface area contributed by atoms with Crippen LogP contribution in [0.2, 0.25) is 0 Å². The van der Waals surface area contributed by atoms with Crippen LogP contribution in [0.4, 0.5) is 0 Å². The molecule has 0 aliphatic heterocycles. The first-order valence-corrected chi connectivity index (χ1v) is 12.0. The summed E-state index contributed by atoms with van der Waals surface area (Å²) >= 11 is 41.0. The molecule has 6 unspecified atom stereocenters. The maximum atomic E-state index is 12.9. The zero-order valence-corrected chi connectivity index (χ0v) is 21.3. The molecule has 0 heterocycles. The largest absolute Gasteiger partial charge is 0.453 e. The van der Waals surface area contributed by atoms with Crippen molar-refractivity contribution in [1.82, 2.24) is 0 Å². The SMILES string of the molecule is C=C(C)C(=O)OC1(C2CC3CCC2(C)C3(C)C)CC2(Cl)C(Cl)=C(Cl)C1(Cl)C2(Cl)Cl. The highest BCUT2D eigenvalue weighted by molar-refractivity contribution is 6.66. The molecule has 4 rings (SSSR count). The summed E-state index contributed by atoms with van der Waals surface area (Å²) < 4.78 is 4.46. The average Bonchev–Trinajstić information content (AvgIpc) is 3.05. The minimum atomic E-state index is -1.75. The first-order valence-electron chi connectivity index (χ1n) is 9.75. The van der Waals surface area contributed by atoms with Gasteiger partial charge in [0.2, 0.25) is 0 Å². The quantitative estimate of drug-likeness (QED) is 0.218. The highest BCUT2D eigenvalue weighted by Crippen LogP contribution is 2.82. The van der Waals surface area contributed by atoms with Crippen molar-refractivity contribution in [2.24, 2.45) is 22.7 Å². The molecule has 0 saturated heterocycles. The third-order valence-electron chi connectivity index (χ3n) is 8.84. The summed E-state index contributed by atoms with van der Waals surface area (Å²) in [5, 5.41) is 0.182. The van der Waals surface area contributed by atoms with Crippen molar-refractivity contribution in [3.63, 3.8) is 0 Å². The molecule has 0 spiro atoms. The Morgan fingerprint density at radius 2 is 1.69 bits per heavy atom. The molecule has 0 aromatic heterocycles. The lowest BCUT2D eigenvalue weighted by Crippen LogP contribution is -2.62. The van der Waals surface area contributed by atoms with Gasteiger partial charge < -0.3 is 4.74 Å². The van der Waals surface area contributed by atoms with Gasteiger partial charge in [-0.05, 0) is 42.9 Å². The predicted octanol–water partition coefficient (Wildman–Crippen LogP) is 7.54. The van der Waals surface area contributed by atoms with Crippen LogP contribution in [-0.2, 0) is 9.53 Å². The van der Waals surface area contributed by atoms with E-state index in [-0.39, 0.29) is 38.8 Å². The average molecular weight is 521 g/mol. The Morgan fingerprint density at radius 1 is 1.10 bits per heavy atom. The zero-order chi connectivity index (χ0) is 22.0. The minimum Gasteiger partial charge on any atom is -0.453 e. The van der Waals surface area contributed by atoms with Gasteiger partial charge in [0.15, 0.2) is 9.21 Å². The van der Waals surface area contributed by atoms with E-state index in [1.165, 1.54) is 0 Å². The molecule has 0 aromatic rings. The third-order valence-corrected chi connectivity index (χ3v) is 13.1. The number of fused-ring (bicyclic) bond motifs is 4. The lowest BCUT2D eigenvalue weighted by atomic mass is 9.59. The Hall–Kier alpha value is 0.690. The molecule has 0 N–H and O–H groups in total. The summed E-state index contributed by atoms with van der Waals surface area (Å²) in [6.07, 6.45) is 3.01. The van der Waals surface area contributed by atoms with Crippen LogP contribution in [0.3, 0.4) is 0 Å². The van der Waals surface area contributed by atoms with E-state index < -0.39 is 25.7 Å². The van der Waals surface area contributed by atoms with Crippen LogP contribution < -0.4 is 0 Å². The van der Waals surface area contributed by atoms with Crippen molar-refractivity contribution >= 4 is 75.6 Å². The molecule has 4 aliphatic rings. The Labute approximate surface area is 202 Å². The van der Waals surface area contributed by atoms with Crippen LogP contribution in [0.25, 0.3) is 0 Å². The number of carbonyl (C=O) groups excluding carboxylic acids is 1. The third kappa shape index (κ3) is 2.23. The molecule has 162 valence electrons. The van der Waals surface area contributed by atoms with Crippen LogP contribution in [-0.4, -0.2) is 25.7 Å². The molecule has 0 radical (unpaired) electrons. The second-order valence-corrected chi connectivity index (χ2v) is 13.4. The summed E-state index contributed by atoms with van der Waals surface area (Å²) in [6, 6.07) is 0. The Kier molecular flexibility index (Phi) is 4.87. The van der Waals surface area contributed by atoms with E-state index in [2.05, 4.69) is 27.4 Å². The van der Waals surface area contributed by atoms with E-state index in [1.54, 1.807) is 6.92 Å². The molecule has 2 nitrogen and oxygen atoms in total. The standard InChI is InChI=1S/C21H24Cl6O2/c1-10(2)15(28)29-19(12-8-11-6-7-17(12,5)16(11,3)4)9-18(24)13(22)14(23)20(19,25)21(18,26)27/h11-12H,1,6-9H2,2-5H3. The molecule has 0 amide bonds. The Balaban J connectivity index is 1.97. The summed E-state index contributed by atoms with van der Waals surface area (Å²) in [7, 11) is 0. The zero-order valence-electron chi connectivity index (χ0n) is 16.8. The van der Waals surface area contributed by atoms with E-state index in [0.717, 1.165) is 19.3 Å². The van der Waals surface area contributed by atoms with Gasteiger partial charge in [-0.25, -0.2) is 4.79 Å². The van der Waals surface area contributed by atoms with Crippen molar-refractivity contribution < 1.29 is 9.53 Å². The van der Waals surface area contributed by atoms with Gasteiger partial charge in [0, 0.05) is 17.9 Å². The number of esters is 1. The first kappa shape index (κ1) is 22.9. The van der Waals surface area contributed by atoms with Gasteiger partial charge in [0.25, 0.3) is 0 Å². The number of hydrogen-bond acceptors (Lipinski definition) is 2. The molecule has 4 aliphatic carbocycles. The Bertz CT molecular complexity index is 865. The number of allylic oxidation sites excluding steroid dienone is 1. The van der Waals surface area contributed by atoms with Crippen molar-refractivity contribution in [2.45, 2.75) is 73.1 Å². The molecule has 3 fully saturated rings. The fraction of sp³-hybridized carbons (Fsp3) is 0.762. The molecular weight excluding hydrogens is 497 g/mol. The number of halogens is 6. The van der Waals surface area contributed by atoms with Gasteiger partial charge in [0.05, 0.1) is 10.1 Å². The van der Waals surface area contributed by atoms with Crippen molar-refractivity contribution in [1.29, 1.82) is 0 Å². The fourth-order valence-electron chi connectivity index (χ4n) is 6.70. The van der Waals surface area contributed by atoms with Crippen LogP contribution in [0, 0.1) is 22.7 Å². The number of ether oxygens (including phenoxy) is 1. The fourth-order valence-corrected chi connectivity index (χ4v) is 9.61. The highest BCUT2D eigenvalue weighted by atomic mass is 35.5. The molecular formula is C21H24Cl6O2. The number of carbonyl (C=O) groups is 1. The lowest BCUT2D eigenvalue weighted by molar-refractivity contribution is -0.173. The molecule has 29 heavy (non-hydrogen) atoms. The van der Waals surface area contributed by atoms with Gasteiger partial charge in [0.1, 0.15) is 10.5 Å². The van der Waals surface area contributed by atoms with Crippen LogP contribution in [0.1, 0.15) is 53.4 Å². The van der Waals surface area contributed by atoms with Gasteiger partial charge in [-0.15, -0.1) is 23.2 Å². The maximum Gasteiger partial charge on any atom is 0.333 e. The molecule has 6 atom stereocenters. The molecule has 0 aromatic carbocycles. The normalized spacial score (nSPS) is 49.0. The van der Waals surface area contributed by atoms with Crippen molar-refractivity contribution in [2.75, 3.05) is 0 Å². The smallest absolute Gasteiger partial charge is 0.333 e. The predicted molar refractivity (Wildman–Crippen MR) is 121 cm³/mol. The van der Waals surface area contributed by atoms with E-state index in [4.69, 9.17) is 74.3 Å². The van der Waals surface area contributed by atoms with E-state index in [9.17, 15) is 4.79 Å². The Morgan fingerprint density at radius 3 is 2.07 bits per heavy atom. The second-order valence-electron chi connectivity index (χ2n) is 10.1. The number of hydrogen-bond donors (Lipinski definition) is 0. The first-order chi connectivity index (χ1) is 13.0. The summed E-state index contributed by atoms with van der Waals surface area (Å²) in [6.45, 7) is 12.1. The second kappa shape index (κ2) is 6.17. The highest BCUT2D eigenvalue weighted by Gasteiger charge is 2.88. The van der Waals surface area contributed by atoms with Crippen LogP contribution >= 0.6 is 69.6 Å². The summed E-state index contributed by atoms with van der Waals surface area (Å²) in [5.41, 5.74) is -1.20. The van der Waals surface area contributed by atoms with E-state index in [1.807, 2.05) is 0 Å². The van der Waals surface area contributed by atoms with Gasteiger partial charge in [-0.3, -0.25) is 0 Å². The van der Waals surface area contributed by atoms with Crippen LogP contribution in [0.5, 0.6) is 0 Å². The van der Waals surface area contributed by atoms with Gasteiger partial charge in [-0.1, -0.05) is 73.8 Å². The molecule has 4 bridgehead atoms.